The average molecular weight is 489 g/mol. The highest BCUT2D eigenvalue weighted by atomic mass is 19.1. The first-order valence-electron chi connectivity index (χ1n) is 12.6. The van der Waals surface area contributed by atoms with Crippen molar-refractivity contribution in [1.82, 2.24) is 4.90 Å². The number of rotatable bonds is 5. The van der Waals surface area contributed by atoms with Gasteiger partial charge in [0.25, 0.3) is 5.91 Å². The minimum atomic E-state index is -1.95. The third-order valence-corrected chi connectivity index (χ3v) is 8.29. The quantitative estimate of drug-likeness (QED) is 0.652. The first-order valence-corrected chi connectivity index (χ1v) is 12.6. The molecule has 5 nitrogen and oxygen atoms in total. The maximum absolute atomic E-state index is 14.7. The molecule has 2 aliphatic carbocycles. The number of aliphatic hydroxyl groups is 1. The van der Waals surface area contributed by atoms with Gasteiger partial charge in [-0.2, -0.15) is 0 Å². The molecule has 7 heteroatoms. The zero-order valence-electron chi connectivity index (χ0n) is 21.9. The third kappa shape index (κ3) is 4.13. The Labute approximate surface area is 207 Å². The van der Waals surface area contributed by atoms with Crippen molar-refractivity contribution in [1.29, 1.82) is 0 Å². The van der Waals surface area contributed by atoms with Crippen LogP contribution < -0.4 is 0 Å². The Kier molecular flexibility index (Phi) is 6.06. The van der Waals surface area contributed by atoms with Gasteiger partial charge in [-0.25, -0.2) is 8.78 Å². The lowest BCUT2D eigenvalue weighted by Crippen LogP contribution is -2.55. The second kappa shape index (κ2) is 8.19. The maximum Gasteiger partial charge on any atom is 0.261 e. The van der Waals surface area contributed by atoms with E-state index in [2.05, 4.69) is 0 Å². The van der Waals surface area contributed by atoms with Gasteiger partial charge in [0.2, 0.25) is 0 Å². The fourth-order valence-corrected chi connectivity index (χ4v) is 6.73. The van der Waals surface area contributed by atoms with E-state index in [4.69, 9.17) is 4.99 Å². The summed E-state index contributed by atoms with van der Waals surface area (Å²) < 4.78 is 29.0. The minimum absolute atomic E-state index is 0.0340. The number of hydrogen-bond donors (Lipinski definition) is 1. The van der Waals surface area contributed by atoms with Crippen LogP contribution in [0, 0.1) is 17.3 Å². The monoisotopic (exact) mass is 488 g/mol. The van der Waals surface area contributed by atoms with Crippen molar-refractivity contribution in [3.63, 3.8) is 0 Å². The van der Waals surface area contributed by atoms with Gasteiger partial charge >= 0.3 is 0 Å². The lowest BCUT2D eigenvalue weighted by atomic mass is 9.56. The number of carbonyl (C=O) groups is 2. The molecule has 1 heterocycles. The molecule has 5 atom stereocenters. The highest BCUT2D eigenvalue weighted by molar-refractivity contribution is 6.09. The minimum Gasteiger partial charge on any atom is -0.393 e. The number of alkyl halides is 2. The second-order valence-corrected chi connectivity index (χ2v) is 12.4. The molecule has 1 saturated carbocycles. The van der Waals surface area contributed by atoms with Gasteiger partial charge in [-0.3, -0.25) is 19.5 Å². The van der Waals surface area contributed by atoms with Gasteiger partial charge in [-0.1, -0.05) is 32.0 Å². The molecule has 0 radical (unpaired) electrons. The summed E-state index contributed by atoms with van der Waals surface area (Å²) in [5.41, 5.74) is -3.02. The van der Waals surface area contributed by atoms with Gasteiger partial charge in [0.05, 0.1) is 12.6 Å². The van der Waals surface area contributed by atoms with Crippen LogP contribution in [0.25, 0.3) is 0 Å². The van der Waals surface area contributed by atoms with Gasteiger partial charge in [0.1, 0.15) is 11.5 Å². The predicted molar refractivity (Wildman–Crippen MR) is 132 cm³/mol. The van der Waals surface area contributed by atoms with Gasteiger partial charge in [-0.15, -0.1) is 0 Å². The number of amides is 1. The molecular formula is C28H38F2N2O3. The van der Waals surface area contributed by atoms with Crippen molar-refractivity contribution in [3.8, 4) is 0 Å². The van der Waals surface area contributed by atoms with E-state index in [0.29, 0.717) is 30.7 Å². The highest BCUT2D eigenvalue weighted by Gasteiger charge is 2.68. The Balaban J connectivity index is 1.87. The predicted octanol–water partition coefficient (Wildman–Crippen LogP) is 4.72. The number of halogens is 2. The summed E-state index contributed by atoms with van der Waals surface area (Å²) in [4.78, 5) is 33.2. The molecule has 2 unspecified atom stereocenters. The van der Waals surface area contributed by atoms with E-state index in [1.807, 2.05) is 32.0 Å². The van der Waals surface area contributed by atoms with Crippen molar-refractivity contribution in [2.75, 3.05) is 6.54 Å². The number of Topliss-reactive ketones (excluding diaryl/α,β-unsaturated/α-hetero) is 1. The summed E-state index contributed by atoms with van der Waals surface area (Å²) in [6, 6.07) is 5.60. The smallest absolute Gasteiger partial charge is 0.261 e. The normalized spacial score (nSPS) is 33.0. The number of benzene rings is 1. The standard InChI is InChI=1S/C28H38F2N2O3/c1-16-12-27(13-17(2)23(16)34)14-20-9-8-19(11-22(33)26(6,7)30)10-21(20)28(27)24(35)32(18(3)31-28)15-25(4,5)29/h8-10,16-17,23,34H,11-15H2,1-7H3/t16-,17+,23?,27?,28-/m1/s1. The van der Waals surface area contributed by atoms with E-state index < -0.39 is 34.2 Å². The Morgan fingerprint density at radius 3 is 2.31 bits per heavy atom. The zero-order chi connectivity index (χ0) is 26.1. The van der Waals surface area contributed by atoms with Crippen LogP contribution in [0.2, 0.25) is 0 Å². The van der Waals surface area contributed by atoms with Crippen molar-refractivity contribution < 1.29 is 23.5 Å². The molecule has 0 aromatic heterocycles. The number of nitrogens with zero attached hydrogens (tertiary/aromatic N) is 2. The maximum atomic E-state index is 14.7. The molecular weight excluding hydrogens is 450 g/mol. The van der Waals surface area contributed by atoms with E-state index in [0.717, 1.165) is 11.1 Å². The highest BCUT2D eigenvalue weighted by Crippen LogP contribution is 2.63. The van der Waals surface area contributed by atoms with Crippen LogP contribution in [0.5, 0.6) is 0 Å². The lowest BCUT2D eigenvalue weighted by molar-refractivity contribution is -0.142. The van der Waals surface area contributed by atoms with Crippen LogP contribution in [0.1, 0.15) is 78.0 Å². The Morgan fingerprint density at radius 1 is 1.17 bits per heavy atom. The second-order valence-electron chi connectivity index (χ2n) is 12.4. The number of aliphatic imine (C=N–C) groups is 1. The first-order chi connectivity index (χ1) is 16.0. The summed E-state index contributed by atoms with van der Waals surface area (Å²) in [6.07, 6.45) is 1.28. The molecule has 0 bridgehead atoms. The van der Waals surface area contributed by atoms with E-state index in [1.54, 1.807) is 6.92 Å². The van der Waals surface area contributed by atoms with Crippen LogP contribution in [0.4, 0.5) is 8.78 Å². The van der Waals surface area contributed by atoms with Gasteiger partial charge < -0.3 is 5.11 Å². The summed E-state index contributed by atoms with van der Waals surface area (Å²) in [7, 11) is 0. The molecule has 192 valence electrons. The summed E-state index contributed by atoms with van der Waals surface area (Å²) in [5.74, 6) is -0.364. The largest absolute Gasteiger partial charge is 0.393 e. The van der Waals surface area contributed by atoms with Gasteiger partial charge in [-0.05, 0) is 82.4 Å². The zero-order valence-corrected chi connectivity index (χ0v) is 21.9. The number of ketones is 1. The molecule has 3 aliphatic rings. The Morgan fingerprint density at radius 2 is 1.77 bits per heavy atom. The van der Waals surface area contributed by atoms with Gasteiger partial charge in [0.15, 0.2) is 17.0 Å². The molecule has 2 spiro atoms. The molecule has 1 fully saturated rings. The number of fused-ring (bicyclic) bond motifs is 3. The molecule has 1 N–H and O–H groups in total. The number of hydrogen-bond acceptors (Lipinski definition) is 4. The fourth-order valence-electron chi connectivity index (χ4n) is 6.73. The van der Waals surface area contributed by atoms with Crippen LogP contribution in [-0.4, -0.2) is 51.5 Å². The van der Waals surface area contributed by atoms with Crippen molar-refractivity contribution in [2.24, 2.45) is 22.2 Å². The molecule has 35 heavy (non-hydrogen) atoms. The topological polar surface area (TPSA) is 70.0 Å². The number of carbonyl (C=O) groups excluding carboxylic acids is 2. The third-order valence-electron chi connectivity index (χ3n) is 8.29. The van der Waals surface area contributed by atoms with E-state index in [-0.39, 0.29) is 30.7 Å². The van der Waals surface area contributed by atoms with Crippen LogP contribution >= 0.6 is 0 Å². The molecule has 1 amide bonds. The molecule has 1 aliphatic heterocycles. The SMILES string of the molecule is CC1=N[C@@]2(C(=O)N1CC(C)(C)F)c1cc(CC(=O)C(C)(C)F)ccc1CC21C[C@@H](C)C(O)[C@@H](C)C1. The molecule has 1 aromatic rings. The lowest BCUT2D eigenvalue weighted by Gasteiger charge is -2.49. The molecule has 0 saturated heterocycles. The van der Waals surface area contributed by atoms with Crippen molar-refractivity contribution in [2.45, 2.75) is 97.1 Å². The number of amidine groups is 1. The average Bonchev–Trinajstić information content (AvgIpc) is 3.11. The van der Waals surface area contributed by atoms with Crippen LogP contribution in [0.15, 0.2) is 23.2 Å². The van der Waals surface area contributed by atoms with Crippen molar-refractivity contribution >= 4 is 17.5 Å². The Hall–Kier alpha value is -2.15. The summed E-state index contributed by atoms with van der Waals surface area (Å²) in [6.45, 7) is 11.0. The van der Waals surface area contributed by atoms with Crippen LogP contribution in [0.3, 0.4) is 0 Å². The van der Waals surface area contributed by atoms with Crippen molar-refractivity contribution in [3.05, 3.63) is 34.9 Å². The first kappa shape index (κ1) is 25.9. The Bertz CT molecular complexity index is 1070. The molecule has 1 aromatic carbocycles. The fraction of sp³-hybridized carbons (Fsp3) is 0.679. The molecule has 4 rings (SSSR count). The van der Waals surface area contributed by atoms with E-state index >= 15 is 0 Å². The van der Waals surface area contributed by atoms with E-state index in [1.165, 1.54) is 32.6 Å². The van der Waals surface area contributed by atoms with E-state index in [9.17, 15) is 23.5 Å². The van der Waals surface area contributed by atoms with Crippen LogP contribution in [-0.2, 0) is 28.0 Å². The van der Waals surface area contributed by atoms with Gasteiger partial charge in [0, 0.05) is 11.8 Å². The number of aliphatic hydroxyl groups excluding tert-OH is 1. The summed E-state index contributed by atoms with van der Waals surface area (Å²) >= 11 is 0. The summed E-state index contributed by atoms with van der Waals surface area (Å²) in [5, 5.41) is 10.7.